The van der Waals surface area contributed by atoms with Crippen LogP contribution in [0, 0.1) is 0 Å². The van der Waals surface area contributed by atoms with Crippen molar-refractivity contribution in [2.75, 3.05) is 32.4 Å². The maximum atomic E-state index is 12.9. The van der Waals surface area contributed by atoms with Crippen LogP contribution in [0.1, 0.15) is 53.6 Å². The van der Waals surface area contributed by atoms with E-state index in [1.54, 1.807) is 17.0 Å². The lowest BCUT2D eigenvalue weighted by molar-refractivity contribution is 0.0595. The second-order valence-corrected chi connectivity index (χ2v) is 12.0. The van der Waals surface area contributed by atoms with Gasteiger partial charge in [0.1, 0.15) is 11.9 Å². The fourth-order valence-corrected chi connectivity index (χ4v) is 5.99. The van der Waals surface area contributed by atoms with Gasteiger partial charge in [-0.3, -0.25) is 9.69 Å². The summed E-state index contributed by atoms with van der Waals surface area (Å²) in [6.45, 7) is 3.52. The van der Waals surface area contributed by atoms with E-state index in [1.807, 2.05) is 0 Å². The number of carbonyl (C=O) groups is 1. The third-order valence-electron chi connectivity index (χ3n) is 7.65. The Morgan fingerprint density at radius 1 is 0.912 bits per heavy atom. The summed E-state index contributed by atoms with van der Waals surface area (Å²) in [5.41, 5.74) is 3.28. The molecule has 0 bridgehead atoms. The number of amides is 1. The fraction of sp³-hybridized carbons (Fsp3) is 0.519. The molecule has 5 rings (SSSR count). The Balaban J connectivity index is 1.16. The van der Waals surface area contributed by atoms with Crippen LogP contribution >= 0.6 is 0 Å². The van der Waals surface area contributed by atoms with Crippen LogP contribution in [-0.4, -0.2) is 68.7 Å². The van der Waals surface area contributed by atoms with E-state index in [-0.39, 0.29) is 16.9 Å². The minimum Gasteiger partial charge on any atom is -0.490 e. The number of fused-ring (bicyclic) bond motifs is 1. The molecule has 7 heteroatoms. The summed E-state index contributed by atoms with van der Waals surface area (Å²) in [5.74, 6) is 0.812. The second-order valence-electron chi connectivity index (χ2n) is 9.96. The lowest BCUT2D eigenvalue weighted by Gasteiger charge is -2.36. The number of ether oxygens (including phenoxy) is 1. The first-order valence-corrected chi connectivity index (χ1v) is 14.4. The van der Waals surface area contributed by atoms with Crippen LogP contribution in [-0.2, 0) is 22.7 Å². The number of nitrogens with zero attached hydrogens (tertiary/aromatic N) is 2. The SMILES string of the molecule is CS(=O)(=O)c1cccc(C(=O)N2CCC(Oc3ccc4c(c3)CCN(C3CCC3)CC4)CC2)c1. The van der Waals surface area contributed by atoms with E-state index in [1.165, 1.54) is 42.5 Å². The molecule has 2 heterocycles. The van der Waals surface area contributed by atoms with Crippen molar-refractivity contribution in [3.05, 3.63) is 59.2 Å². The van der Waals surface area contributed by atoms with Crippen LogP contribution in [0.5, 0.6) is 5.75 Å². The zero-order chi connectivity index (χ0) is 23.7. The summed E-state index contributed by atoms with van der Waals surface area (Å²) in [7, 11) is -3.34. The van der Waals surface area contributed by atoms with E-state index in [0.29, 0.717) is 18.7 Å². The lowest BCUT2D eigenvalue weighted by Crippen LogP contribution is -2.41. The highest BCUT2D eigenvalue weighted by atomic mass is 32.2. The maximum Gasteiger partial charge on any atom is 0.253 e. The largest absolute Gasteiger partial charge is 0.490 e. The fourth-order valence-electron chi connectivity index (χ4n) is 5.32. The molecule has 1 amide bonds. The molecule has 0 unspecified atom stereocenters. The molecular formula is C27H34N2O4S. The smallest absolute Gasteiger partial charge is 0.253 e. The van der Waals surface area contributed by atoms with Crippen LogP contribution in [0.15, 0.2) is 47.4 Å². The molecule has 6 nitrogen and oxygen atoms in total. The van der Waals surface area contributed by atoms with Gasteiger partial charge < -0.3 is 9.64 Å². The van der Waals surface area contributed by atoms with E-state index in [0.717, 1.165) is 56.8 Å². The van der Waals surface area contributed by atoms with Gasteiger partial charge in [0.25, 0.3) is 5.91 Å². The zero-order valence-corrected chi connectivity index (χ0v) is 20.7. The summed E-state index contributed by atoms with van der Waals surface area (Å²) < 4.78 is 30.0. The van der Waals surface area contributed by atoms with Gasteiger partial charge in [-0.2, -0.15) is 0 Å². The molecule has 3 aliphatic rings. The molecule has 0 atom stereocenters. The van der Waals surface area contributed by atoms with Crippen molar-refractivity contribution >= 4 is 15.7 Å². The topological polar surface area (TPSA) is 66.9 Å². The van der Waals surface area contributed by atoms with Crippen molar-refractivity contribution < 1.29 is 17.9 Å². The molecule has 0 spiro atoms. The first-order valence-electron chi connectivity index (χ1n) is 12.5. The predicted molar refractivity (Wildman–Crippen MR) is 132 cm³/mol. The van der Waals surface area contributed by atoms with E-state index in [9.17, 15) is 13.2 Å². The molecular weight excluding hydrogens is 448 g/mol. The molecule has 0 radical (unpaired) electrons. The number of hydrogen-bond donors (Lipinski definition) is 0. The summed E-state index contributed by atoms with van der Waals surface area (Å²) in [5, 5.41) is 0. The summed E-state index contributed by atoms with van der Waals surface area (Å²) in [6.07, 6.45) is 9.07. The van der Waals surface area contributed by atoms with Crippen LogP contribution in [0.3, 0.4) is 0 Å². The summed E-state index contributed by atoms with van der Waals surface area (Å²) in [6, 6.07) is 13.7. The number of carbonyl (C=O) groups excluding carboxylic acids is 1. The van der Waals surface area contributed by atoms with Crippen LogP contribution < -0.4 is 4.74 Å². The quantitative estimate of drug-likeness (QED) is 0.650. The molecule has 1 saturated heterocycles. The van der Waals surface area contributed by atoms with Gasteiger partial charge in [0, 0.05) is 56.9 Å². The lowest BCUT2D eigenvalue weighted by atomic mass is 9.91. The van der Waals surface area contributed by atoms with Crippen LogP contribution in [0.2, 0.25) is 0 Å². The van der Waals surface area contributed by atoms with E-state index < -0.39 is 9.84 Å². The molecule has 2 aromatic carbocycles. The van der Waals surface area contributed by atoms with E-state index in [4.69, 9.17) is 4.74 Å². The number of sulfone groups is 1. The Kier molecular flexibility index (Phi) is 6.67. The van der Waals surface area contributed by atoms with Gasteiger partial charge in [0.15, 0.2) is 9.84 Å². The van der Waals surface area contributed by atoms with Crippen LogP contribution in [0.25, 0.3) is 0 Å². The number of rotatable bonds is 5. The third kappa shape index (κ3) is 5.15. The average Bonchev–Trinajstić information content (AvgIpc) is 3.00. The first-order chi connectivity index (χ1) is 16.4. The number of likely N-dealkylation sites (tertiary alicyclic amines) is 1. The number of benzene rings is 2. The second kappa shape index (κ2) is 9.70. The van der Waals surface area contributed by atoms with Crippen molar-refractivity contribution in [2.24, 2.45) is 0 Å². The molecule has 34 heavy (non-hydrogen) atoms. The van der Waals surface area contributed by atoms with Gasteiger partial charge in [-0.1, -0.05) is 18.6 Å². The van der Waals surface area contributed by atoms with Gasteiger partial charge in [-0.15, -0.1) is 0 Å². The van der Waals surface area contributed by atoms with Gasteiger partial charge in [-0.25, -0.2) is 8.42 Å². The molecule has 2 aromatic rings. The van der Waals surface area contributed by atoms with Crippen molar-refractivity contribution in [1.82, 2.24) is 9.80 Å². The van der Waals surface area contributed by atoms with Crippen molar-refractivity contribution in [3.63, 3.8) is 0 Å². The van der Waals surface area contributed by atoms with Gasteiger partial charge >= 0.3 is 0 Å². The number of piperidine rings is 1. The molecule has 0 aromatic heterocycles. The predicted octanol–water partition coefficient (Wildman–Crippen LogP) is 3.73. The van der Waals surface area contributed by atoms with Crippen molar-refractivity contribution in [2.45, 2.75) is 62.0 Å². The highest BCUT2D eigenvalue weighted by Crippen LogP contribution is 2.29. The highest BCUT2D eigenvalue weighted by Gasteiger charge is 2.28. The summed E-state index contributed by atoms with van der Waals surface area (Å²) in [4.78, 5) is 17.6. The molecule has 1 saturated carbocycles. The average molecular weight is 483 g/mol. The Bertz CT molecular complexity index is 1150. The third-order valence-corrected chi connectivity index (χ3v) is 8.76. The van der Waals surface area contributed by atoms with Crippen molar-refractivity contribution in [3.8, 4) is 5.75 Å². The Labute approximate surface area is 202 Å². The molecule has 0 N–H and O–H groups in total. The Morgan fingerprint density at radius 2 is 1.65 bits per heavy atom. The van der Waals surface area contributed by atoms with E-state index in [2.05, 4.69) is 23.1 Å². The molecule has 2 fully saturated rings. The standard InChI is InChI=1S/C27H34N2O4S/c1-34(31,32)26-7-2-4-22(19-26)27(30)29-16-12-24(13-17-29)33-25-9-8-20-10-14-28(23-5-3-6-23)15-11-21(20)18-25/h2,4,7-9,18-19,23-24H,3,5-6,10-17H2,1H3. The Hall–Kier alpha value is -2.38. The molecule has 182 valence electrons. The summed E-state index contributed by atoms with van der Waals surface area (Å²) >= 11 is 0. The minimum atomic E-state index is -3.34. The minimum absolute atomic E-state index is 0.0849. The van der Waals surface area contributed by atoms with Gasteiger partial charge in [0.05, 0.1) is 4.90 Å². The van der Waals surface area contributed by atoms with E-state index >= 15 is 0 Å². The normalized spacial score (nSPS) is 20.3. The molecule has 1 aliphatic carbocycles. The first kappa shape index (κ1) is 23.4. The van der Waals surface area contributed by atoms with Gasteiger partial charge in [0.2, 0.25) is 0 Å². The van der Waals surface area contributed by atoms with Crippen molar-refractivity contribution in [1.29, 1.82) is 0 Å². The maximum absolute atomic E-state index is 12.9. The number of hydrogen-bond acceptors (Lipinski definition) is 5. The van der Waals surface area contributed by atoms with Crippen LogP contribution in [0.4, 0.5) is 0 Å². The highest BCUT2D eigenvalue weighted by molar-refractivity contribution is 7.90. The molecule has 2 aliphatic heterocycles. The monoisotopic (exact) mass is 482 g/mol. The van der Waals surface area contributed by atoms with Gasteiger partial charge in [-0.05, 0) is 67.1 Å². The zero-order valence-electron chi connectivity index (χ0n) is 19.9. The Morgan fingerprint density at radius 3 is 2.32 bits per heavy atom.